The van der Waals surface area contributed by atoms with Gasteiger partial charge in [-0.2, -0.15) is 26.3 Å². The number of sulfone groups is 2. The van der Waals surface area contributed by atoms with Crippen LogP contribution in [0.25, 0.3) is 0 Å². The Bertz CT molecular complexity index is 1710. The van der Waals surface area contributed by atoms with Crippen LogP contribution in [0.3, 0.4) is 0 Å². The highest BCUT2D eigenvalue weighted by Gasteiger charge is 2.74. The first kappa shape index (κ1) is 33.6. The molecule has 1 amide bonds. The van der Waals surface area contributed by atoms with E-state index >= 15 is 0 Å². The lowest BCUT2D eigenvalue weighted by Gasteiger charge is -2.43. The maximum Gasteiger partial charge on any atom is 0.435 e. The summed E-state index contributed by atoms with van der Waals surface area (Å²) in [5, 5.41) is 13.3. The molecule has 0 aromatic heterocycles. The van der Waals surface area contributed by atoms with E-state index in [0.717, 1.165) is 30.3 Å². The summed E-state index contributed by atoms with van der Waals surface area (Å²) in [5.74, 6) is -3.54. The molecular formula is C28H27F8NO6S2. The van der Waals surface area contributed by atoms with Crippen LogP contribution >= 0.6 is 0 Å². The van der Waals surface area contributed by atoms with Crippen LogP contribution in [0, 0.1) is 11.7 Å². The van der Waals surface area contributed by atoms with Crippen molar-refractivity contribution in [2.45, 2.75) is 77.8 Å². The second-order valence-corrected chi connectivity index (χ2v) is 16.4. The molecule has 0 bridgehead atoms. The molecule has 1 unspecified atom stereocenters. The van der Waals surface area contributed by atoms with Crippen LogP contribution in [-0.4, -0.2) is 63.4 Å². The highest BCUT2D eigenvalue weighted by molar-refractivity contribution is 7.92. The maximum absolute atomic E-state index is 15.0. The number of carbonyl (C=O) groups is 1. The lowest BCUT2D eigenvalue weighted by Crippen LogP contribution is -2.51. The number of hydrogen-bond acceptors (Lipinski definition) is 6. The van der Waals surface area contributed by atoms with Gasteiger partial charge in [0.25, 0.3) is 0 Å². The normalized spacial score (nSPS) is 28.4. The van der Waals surface area contributed by atoms with Gasteiger partial charge in [-0.05, 0) is 67.5 Å². The smallest absolute Gasteiger partial charge is 0.388 e. The monoisotopic (exact) mass is 689 g/mol. The van der Waals surface area contributed by atoms with Crippen LogP contribution in [0.5, 0.6) is 0 Å². The fourth-order valence-corrected chi connectivity index (χ4v) is 11.5. The number of fused-ring (bicyclic) bond motifs is 3. The molecule has 45 heavy (non-hydrogen) atoms. The lowest BCUT2D eigenvalue weighted by molar-refractivity contribution is -0.348. The molecule has 2 aromatic rings. The summed E-state index contributed by atoms with van der Waals surface area (Å²) in [6, 6.07) is 4.08. The van der Waals surface area contributed by atoms with Crippen molar-refractivity contribution in [3.8, 4) is 0 Å². The molecule has 248 valence electrons. The lowest BCUT2D eigenvalue weighted by atomic mass is 9.74. The fraction of sp³-hybridized carbons (Fsp3) is 0.536. The van der Waals surface area contributed by atoms with E-state index in [-0.39, 0.29) is 55.1 Å². The predicted octanol–water partition coefficient (Wildman–Crippen LogP) is 4.57. The number of carbonyl (C=O) groups excluding carboxylic acids is 1. The third-order valence-corrected chi connectivity index (χ3v) is 13.6. The zero-order valence-corrected chi connectivity index (χ0v) is 24.8. The van der Waals surface area contributed by atoms with Crippen molar-refractivity contribution in [1.29, 1.82) is 0 Å². The van der Waals surface area contributed by atoms with Crippen LogP contribution < -0.4 is 5.32 Å². The molecule has 4 atom stereocenters. The van der Waals surface area contributed by atoms with Crippen LogP contribution in [-0.2, 0) is 41.3 Å². The largest absolute Gasteiger partial charge is 0.435 e. The molecule has 1 heterocycles. The summed E-state index contributed by atoms with van der Waals surface area (Å²) in [6.45, 7) is 0. The number of benzene rings is 2. The van der Waals surface area contributed by atoms with Crippen LogP contribution in [0.2, 0.25) is 0 Å². The minimum absolute atomic E-state index is 0.0348. The van der Waals surface area contributed by atoms with E-state index in [4.69, 9.17) is 0 Å². The van der Waals surface area contributed by atoms with Gasteiger partial charge < -0.3 is 10.4 Å². The molecule has 7 nitrogen and oxygen atoms in total. The van der Waals surface area contributed by atoms with E-state index in [1.165, 1.54) is 0 Å². The van der Waals surface area contributed by atoms with Gasteiger partial charge in [0.2, 0.25) is 5.91 Å². The molecular weight excluding hydrogens is 662 g/mol. The number of halogens is 8. The van der Waals surface area contributed by atoms with E-state index < -0.39 is 94.4 Å². The van der Waals surface area contributed by atoms with Crippen LogP contribution in [0.4, 0.5) is 35.1 Å². The Hall–Kier alpha value is -2.79. The number of rotatable bonds is 6. The van der Waals surface area contributed by atoms with Gasteiger partial charge >= 0.3 is 18.0 Å². The Balaban J connectivity index is 1.58. The zero-order chi connectivity index (χ0) is 33.4. The summed E-state index contributed by atoms with van der Waals surface area (Å²) >= 11 is 0. The molecule has 0 spiro atoms. The standard InChI is InChI=1S/C28H27F8NO6S2/c29-18-3-5-19(6-4-18)45(42,43)25-10-9-22(37-23(38)14-24(39)11-12-44(40,41)15-24)21(25)7-1-16-13-17(2-8-20(16)25)26(30,27(31,32)33)28(34,35)36/h2-6,8,13,21-22,39H,1,7,9-12,14-15H2,(H,37,38)/t21-,22+,24?,25+/m0/s1. The molecule has 2 aliphatic carbocycles. The molecule has 0 radical (unpaired) electrons. The zero-order valence-electron chi connectivity index (χ0n) is 23.2. The number of nitrogens with one attached hydrogen (secondary N) is 1. The van der Waals surface area contributed by atoms with Gasteiger partial charge in [0.1, 0.15) is 10.6 Å². The summed E-state index contributed by atoms with van der Waals surface area (Å²) in [7, 11) is -8.18. The molecule has 17 heteroatoms. The van der Waals surface area contributed by atoms with Gasteiger partial charge in [0.15, 0.2) is 19.7 Å². The first-order valence-electron chi connectivity index (χ1n) is 13.7. The molecule has 5 rings (SSSR count). The van der Waals surface area contributed by atoms with Crippen molar-refractivity contribution in [3.63, 3.8) is 0 Å². The van der Waals surface area contributed by atoms with Crippen molar-refractivity contribution in [2.24, 2.45) is 5.92 Å². The second-order valence-electron chi connectivity index (χ2n) is 12.0. The van der Waals surface area contributed by atoms with Crippen molar-refractivity contribution < 1.29 is 61.9 Å². The average Bonchev–Trinajstić information content (AvgIpc) is 3.43. The summed E-state index contributed by atoms with van der Waals surface area (Å²) < 4.78 is 160. The Morgan fingerprint density at radius 2 is 1.58 bits per heavy atom. The quantitative estimate of drug-likeness (QED) is 0.339. The van der Waals surface area contributed by atoms with Gasteiger partial charge in [-0.1, -0.05) is 18.2 Å². The Morgan fingerprint density at radius 1 is 0.956 bits per heavy atom. The number of amides is 1. The van der Waals surface area contributed by atoms with Crippen LogP contribution in [0.1, 0.15) is 48.8 Å². The van der Waals surface area contributed by atoms with Gasteiger partial charge in [0, 0.05) is 17.5 Å². The van der Waals surface area contributed by atoms with Crippen LogP contribution in [0.15, 0.2) is 47.4 Å². The minimum Gasteiger partial charge on any atom is -0.388 e. The number of hydrogen-bond donors (Lipinski definition) is 2. The van der Waals surface area contributed by atoms with Gasteiger partial charge in [0.05, 0.1) is 28.4 Å². The maximum atomic E-state index is 15.0. The third-order valence-electron chi connectivity index (χ3n) is 9.18. The Morgan fingerprint density at radius 3 is 2.13 bits per heavy atom. The molecule has 3 aliphatic rings. The van der Waals surface area contributed by atoms with Crippen molar-refractivity contribution in [3.05, 3.63) is 65.0 Å². The van der Waals surface area contributed by atoms with Crippen molar-refractivity contribution in [1.82, 2.24) is 5.32 Å². The van der Waals surface area contributed by atoms with Gasteiger partial charge in [-0.25, -0.2) is 25.6 Å². The number of aryl methyl sites for hydroxylation is 1. The average molecular weight is 690 g/mol. The van der Waals surface area contributed by atoms with Gasteiger partial charge in [-0.3, -0.25) is 4.79 Å². The highest BCUT2D eigenvalue weighted by atomic mass is 32.2. The summed E-state index contributed by atoms with van der Waals surface area (Å²) in [5.41, 5.74) is -9.78. The number of aliphatic hydroxyl groups is 1. The van der Waals surface area contributed by atoms with E-state index in [9.17, 15) is 61.9 Å². The molecule has 1 saturated carbocycles. The first-order chi connectivity index (χ1) is 20.6. The van der Waals surface area contributed by atoms with Crippen molar-refractivity contribution >= 4 is 25.6 Å². The minimum atomic E-state index is -6.39. The molecule has 1 saturated heterocycles. The van der Waals surface area contributed by atoms with Crippen molar-refractivity contribution in [2.75, 3.05) is 11.5 Å². The first-order valence-corrected chi connectivity index (χ1v) is 17.1. The van der Waals surface area contributed by atoms with E-state index in [2.05, 4.69) is 5.32 Å². The highest BCUT2D eigenvalue weighted by Crippen LogP contribution is 2.59. The van der Waals surface area contributed by atoms with E-state index in [1.807, 2.05) is 0 Å². The summed E-state index contributed by atoms with van der Waals surface area (Å²) in [4.78, 5) is 12.6. The summed E-state index contributed by atoms with van der Waals surface area (Å²) in [6.07, 6.45) is -14.3. The number of alkyl halides is 7. The topological polar surface area (TPSA) is 118 Å². The Labute approximate surface area is 252 Å². The predicted molar refractivity (Wildman–Crippen MR) is 142 cm³/mol. The molecule has 1 aliphatic heterocycles. The van der Waals surface area contributed by atoms with E-state index in [0.29, 0.717) is 6.07 Å². The third kappa shape index (κ3) is 5.41. The molecule has 2 N–H and O–H groups in total. The Kier molecular flexibility index (Phi) is 7.92. The SMILES string of the molecule is O=C(CC1(O)CCS(=O)(=O)C1)N[C@@H]1CC[C@@]2(S(=O)(=O)c3ccc(F)cc3)c3ccc(C(F)(C(F)(F)F)C(F)(F)F)cc3CC[C@@H]12. The van der Waals surface area contributed by atoms with E-state index in [1.54, 1.807) is 0 Å². The van der Waals surface area contributed by atoms with Gasteiger partial charge in [-0.15, -0.1) is 0 Å². The second kappa shape index (κ2) is 10.6. The molecule has 2 aromatic carbocycles. The molecule has 2 fully saturated rings. The fourth-order valence-electron chi connectivity index (χ4n) is 7.15.